The molecule has 78 valence electrons. The van der Waals surface area contributed by atoms with E-state index in [1.165, 1.54) is 6.92 Å². The second-order valence-electron chi connectivity index (χ2n) is 3.66. The highest BCUT2D eigenvalue weighted by atomic mass is 28.4. The second kappa shape index (κ2) is 4.69. The molecule has 5 heteroatoms. The first-order valence-corrected chi connectivity index (χ1v) is 6.77. The fraction of sp³-hybridized carbons (Fsp3) is 0.875. The van der Waals surface area contributed by atoms with Crippen molar-refractivity contribution in [3.63, 3.8) is 0 Å². The van der Waals surface area contributed by atoms with Crippen molar-refractivity contribution in [3.8, 4) is 0 Å². The van der Waals surface area contributed by atoms with Gasteiger partial charge in [-0.1, -0.05) is 6.92 Å². The molecule has 0 saturated carbocycles. The first-order valence-electron chi connectivity index (χ1n) is 4.30. The van der Waals surface area contributed by atoms with E-state index in [-0.39, 0.29) is 12.1 Å². The minimum atomic E-state index is -4.13. The van der Waals surface area contributed by atoms with Gasteiger partial charge in [0.15, 0.2) is 0 Å². The van der Waals surface area contributed by atoms with Crippen LogP contribution in [-0.2, 0) is 9.53 Å². The maximum atomic E-state index is 12.6. The monoisotopic (exact) mass is 210 g/mol. The van der Waals surface area contributed by atoms with Crippen molar-refractivity contribution in [1.82, 2.24) is 0 Å². The van der Waals surface area contributed by atoms with E-state index < -0.39 is 20.6 Å². The average molecular weight is 210 g/mol. The number of carbonyl (C=O) groups is 1. The Morgan fingerprint density at radius 3 is 2.15 bits per heavy atom. The van der Waals surface area contributed by atoms with Crippen LogP contribution in [-0.4, -0.2) is 20.8 Å². The zero-order valence-corrected chi connectivity index (χ0v) is 9.43. The van der Waals surface area contributed by atoms with Crippen molar-refractivity contribution in [1.29, 1.82) is 0 Å². The molecule has 0 aliphatic carbocycles. The van der Waals surface area contributed by atoms with Gasteiger partial charge in [-0.25, -0.2) is 0 Å². The zero-order valence-electron chi connectivity index (χ0n) is 8.43. The molecule has 0 radical (unpaired) electrons. The largest absolute Gasteiger partial charge is 0.463 e. The average Bonchev–Trinajstić information content (AvgIpc) is 1.81. The quantitative estimate of drug-likeness (QED) is 0.405. The van der Waals surface area contributed by atoms with E-state index in [2.05, 4.69) is 0 Å². The molecule has 0 bridgehead atoms. The Balaban J connectivity index is 3.97. The predicted molar refractivity (Wildman–Crippen MR) is 49.0 cm³/mol. The molecule has 0 N–H and O–H groups in total. The summed E-state index contributed by atoms with van der Waals surface area (Å²) in [6, 6.07) is -0.321. The van der Waals surface area contributed by atoms with Crippen molar-refractivity contribution in [2.24, 2.45) is 5.92 Å². The van der Waals surface area contributed by atoms with Gasteiger partial charge in [0, 0.05) is 6.04 Å². The minimum absolute atomic E-state index is 0.234. The first kappa shape index (κ1) is 12.5. The normalized spacial score (nSPS) is 14.4. The van der Waals surface area contributed by atoms with E-state index >= 15 is 0 Å². The highest BCUT2D eigenvalue weighted by Crippen LogP contribution is 2.20. The Morgan fingerprint density at radius 2 is 1.85 bits per heavy atom. The molecule has 0 amide bonds. The number of hydrogen-bond donors (Lipinski definition) is 0. The van der Waals surface area contributed by atoms with Crippen LogP contribution in [0.25, 0.3) is 0 Å². The van der Waals surface area contributed by atoms with Gasteiger partial charge < -0.3 is 4.74 Å². The van der Waals surface area contributed by atoms with E-state index in [1.54, 1.807) is 13.8 Å². The topological polar surface area (TPSA) is 26.3 Å². The van der Waals surface area contributed by atoms with Crippen LogP contribution in [0.3, 0.4) is 0 Å². The van der Waals surface area contributed by atoms with Crippen LogP contribution in [0, 0.1) is 5.92 Å². The molecule has 0 aromatic rings. The lowest BCUT2D eigenvalue weighted by Gasteiger charge is -2.15. The fourth-order valence-corrected chi connectivity index (χ4v) is 2.21. The van der Waals surface area contributed by atoms with Crippen LogP contribution >= 0.6 is 0 Å². The number of esters is 1. The zero-order chi connectivity index (χ0) is 10.6. The van der Waals surface area contributed by atoms with E-state index in [0.29, 0.717) is 0 Å². The summed E-state index contributed by atoms with van der Waals surface area (Å²) in [7, 11) is -4.13. The Morgan fingerprint density at radius 1 is 1.38 bits per heavy atom. The summed E-state index contributed by atoms with van der Waals surface area (Å²) in [6.07, 6.45) is -0.234. The van der Waals surface area contributed by atoms with Crippen LogP contribution in [0.15, 0.2) is 0 Å². The maximum Gasteiger partial charge on any atom is 0.422 e. The van der Waals surface area contributed by atoms with Gasteiger partial charge in [0.2, 0.25) is 0 Å². The SMILES string of the molecule is CC(C)OC(=O)C(C)C[Si](C)(F)F. The first-order chi connectivity index (χ1) is 5.72. The van der Waals surface area contributed by atoms with Crippen LogP contribution < -0.4 is 0 Å². The molecule has 0 saturated heterocycles. The van der Waals surface area contributed by atoms with Crippen LogP contribution in [0.4, 0.5) is 8.22 Å². The van der Waals surface area contributed by atoms with Gasteiger partial charge in [-0.2, -0.15) is 0 Å². The Hall–Kier alpha value is -0.453. The van der Waals surface area contributed by atoms with Crippen molar-refractivity contribution in [2.75, 3.05) is 0 Å². The van der Waals surface area contributed by atoms with Gasteiger partial charge in [-0.15, -0.1) is 0 Å². The number of halogens is 2. The number of rotatable bonds is 4. The van der Waals surface area contributed by atoms with Crippen LogP contribution in [0.2, 0.25) is 12.6 Å². The minimum Gasteiger partial charge on any atom is -0.463 e. The molecule has 0 spiro atoms. The van der Waals surface area contributed by atoms with E-state index in [9.17, 15) is 13.0 Å². The van der Waals surface area contributed by atoms with Crippen LogP contribution in [0.5, 0.6) is 0 Å². The smallest absolute Gasteiger partial charge is 0.422 e. The number of ether oxygens (including phenoxy) is 1. The second-order valence-corrected chi connectivity index (χ2v) is 6.21. The van der Waals surface area contributed by atoms with Gasteiger partial charge in [0.25, 0.3) is 0 Å². The van der Waals surface area contributed by atoms with Gasteiger partial charge in [0.1, 0.15) is 0 Å². The number of carbonyl (C=O) groups excluding carboxylic acids is 1. The van der Waals surface area contributed by atoms with Crippen LogP contribution in [0.1, 0.15) is 20.8 Å². The maximum absolute atomic E-state index is 12.6. The standard InChI is InChI=1S/C8H16F2O2Si/c1-6(2)12-8(11)7(3)5-13(4,9)10/h6-7H,5H2,1-4H3. The van der Waals surface area contributed by atoms with Gasteiger partial charge in [-0.3, -0.25) is 13.0 Å². The number of hydrogen-bond acceptors (Lipinski definition) is 2. The highest BCUT2D eigenvalue weighted by molar-refractivity contribution is 6.64. The molecule has 0 aliphatic heterocycles. The van der Waals surface area contributed by atoms with E-state index in [1.807, 2.05) is 0 Å². The highest BCUT2D eigenvalue weighted by Gasteiger charge is 2.33. The van der Waals surface area contributed by atoms with Crippen molar-refractivity contribution < 1.29 is 17.7 Å². The Bertz CT molecular complexity index is 177. The van der Waals surface area contributed by atoms with Gasteiger partial charge >= 0.3 is 14.7 Å². The molecule has 1 unspecified atom stereocenters. The van der Waals surface area contributed by atoms with Crippen molar-refractivity contribution in [3.05, 3.63) is 0 Å². The Kier molecular flexibility index (Phi) is 4.53. The summed E-state index contributed by atoms with van der Waals surface area (Å²) in [6.45, 7) is 5.82. The molecular weight excluding hydrogens is 194 g/mol. The molecule has 13 heavy (non-hydrogen) atoms. The molecule has 0 aliphatic rings. The van der Waals surface area contributed by atoms with E-state index in [4.69, 9.17) is 4.74 Å². The Labute approximate surface area is 78.6 Å². The van der Waals surface area contributed by atoms with Crippen molar-refractivity contribution in [2.45, 2.75) is 39.5 Å². The lowest BCUT2D eigenvalue weighted by molar-refractivity contribution is -0.151. The molecule has 1 atom stereocenters. The van der Waals surface area contributed by atoms with Gasteiger partial charge in [-0.05, 0) is 20.4 Å². The summed E-state index contributed by atoms with van der Waals surface area (Å²) in [5.41, 5.74) is 0. The molecule has 0 aromatic heterocycles. The summed E-state index contributed by atoms with van der Waals surface area (Å²) in [5.74, 6) is -1.21. The fourth-order valence-electron chi connectivity index (χ4n) is 0.969. The molecular formula is C8H16F2O2Si. The van der Waals surface area contributed by atoms with Gasteiger partial charge in [0.05, 0.1) is 12.0 Å². The third-order valence-electron chi connectivity index (χ3n) is 1.42. The summed E-state index contributed by atoms with van der Waals surface area (Å²) >= 11 is 0. The lowest BCUT2D eigenvalue weighted by Crippen LogP contribution is -2.27. The third kappa shape index (κ3) is 6.69. The predicted octanol–water partition coefficient (Wildman–Crippen LogP) is 2.59. The summed E-state index contributed by atoms with van der Waals surface area (Å²) in [5, 5.41) is 0. The summed E-state index contributed by atoms with van der Waals surface area (Å²) in [4.78, 5) is 11.1. The summed E-state index contributed by atoms with van der Waals surface area (Å²) < 4.78 is 30.0. The molecule has 0 heterocycles. The third-order valence-corrected chi connectivity index (χ3v) is 2.75. The van der Waals surface area contributed by atoms with E-state index in [0.717, 1.165) is 6.55 Å². The van der Waals surface area contributed by atoms with Crippen molar-refractivity contribution >= 4 is 14.7 Å². The lowest BCUT2D eigenvalue weighted by atomic mass is 10.2. The molecule has 0 aromatic carbocycles. The molecule has 0 fully saturated rings. The molecule has 0 rings (SSSR count). The molecule has 2 nitrogen and oxygen atoms in total.